The summed E-state index contributed by atoms with van der Waals surface area (Å²) in [5.41, 5.74) is -0.535. The molecule has 0 bridgehead atoms. The summed E-state index contributed by atoms with van der Waals surface area (Å²) in [6.07, 6.45) is 0.534. The fraction of sp³-hybridized carbons (Fsp3) is 0.750. The smallest absolute Gasteiger partial charge is 0.333 e. The van der Waals surface area contributed by atoms with Crippen LogP contribution in [0.1, 0.15) is 39.5 Å². The van der Waals surface area contributed by atoms with Gasteiger partial charge in [0.25, 0.3) is 0 Å². The van der Waals surface area contributed by atoms with Crippen LogP contribution in [0.2, 0.25) is 0 Å². The molecule has 2 saturated carbocycles. The number of aliphatic hydroxyl groups excluding tert-OH is 2. The fourth-order valence-corrected chi connectivity index (χ4v) is 5.37. The van der Waals surface area contributed by atoms with Gasteiger partial charge >= 0.3 is 11.9 Å². The van der Waals surface area contributed by atoms with Crippen molar-refractivity contribution in [2.75, 3.05) is 6.61 Å². The fourth-order valence-electron chi connectivity index (χ4n) is 5.37. The maximum atomic E-state index is 12.4. The van der Waals surface area contributed by atoms with Crippen LogP contribution in [0.3, 0.4) is 0 Å². The van der Waals surface area contributed by atoms with Crippen LogP contribution in [-0.4, -0.2) is 53.4 Å². The highest BCUT2D eigenvalue weighted by atomic mass is 16.6. The van der Waals surface area contributed by atoms with Gasteiger partial charge in [0.15, 0.2) is 0 Å². The first-order valence-corrected chi connectivity index (χ1v) is 9.58. The standard InChI is InChI=1S/C20H28O7/c1-10(6-7-21)18(24)26-13-8-20(3)14(23)5-4-12(9-22)16(20)17-15(13)11(2)19(25)27-17/h9,11-17,21,23H,1,4-8H2,2-3H3/t11-,12-,13-,14+,15+,16+,17-,20-/m0/s1. The second-order valence-corrected chi connectivity index (χ2v) is 8.42. The van der Waals surface area contributed by atoms with Gasteiger partial charge in [-0.1, -0.05) is 20.4 Å². The Morgan fingerprint density at radius 1 is 1.44 bits per heavy atom. The van der Waals surface area contributed by atoms with E-state index in [2.05, 4.69) is 6.58 Å². The Balaban J connectivity index is 1.94. The molecule has 0 aromatic heterocycles. The molecule has 2 aliphatic carbocycles. The van der Waals surface area contributed by atoms with E-state index in [0.717, 1.165) is 6.29 Å². The Hall–Kier alpha value is -1.73. The maximum Gasteiger partial charge on any atom is 0.333 e. The van der Waals surface area contributed by atoms with Crippen LogP contribution in [0.4, 0.5) is 0 Å². The van der Waals surface area contributed by atoms with Gasteiger partial charge in [-0.2, -0.15) is 0 Å². The zero-order chi connectivity index (χ0) is 19.9. The van der Waals surface area contributed by atoms with Crippen molar-refractivity contribution >= 4 is 18.2 Å². The second kappa shape index (κ2) is 7.36. The summed E-state index contributed by atoms with van der Waals surface area (Å²) in [4.78, 5) is 36.4. The van der Waals surface area contributed by atoms with Crippen molar-refractivity contribution in [1.82, 2.24) is 0 Å². The molecule has 3 aliphatic rings. The second-order valence-electron chi connectivity index (χ2n) is 8.42. The highest BCUT2D eigenvalue weighted by molar-refractivity contribution is 5.88. The van der Waals surface area contributed by atoms with E-state index < -0.39 is 35.6 Å². The number of carbonyl (C=O) groups is 3. The number of carbonyl (C=O) groups excluding carboxylic acids is 3. The Labute approximate surface area is 158 Å². The normalized spacial score (nSPS) is 43.3. The van der Waals surface area contributed by atoms with Crippen molar-refractivity contribution in [3.05, 3.63) is 12.2 Å². The molecule has 7 heteroatoms. The average molecular weight is 380 g/mol. The van der Waals surface area contributed by atoms with Gasteiger partial charge in [-0.25, -0.2) is 4.79 Å². The molecular formula is C20H28O7. The predicted octanol–water partition coefficient (Wildman–Crippen LogP) is 1.01. The first-order chi connectivity index (χ1) is 12.7. The molecule has 2 N–H and O–H groups in total. The molecule has 0 unspecified atom stereocenters. The van der Waals surface area contributed by atoms with Crippen LogP contribution in [0.5, 0.6) is 0 Å². The van der Waals surface area contributed by atoms with Crippen LogP contribution >= 0.6 is 0 Å². The third-order valence-electron chi connectivity index (χ3n) is 6.90. The van der Waals surface area contributed by atoms with Gasteiger partial charge in [-0.3, -0.25) is 4.79 Å². The molecule has 27 heavy (non-hydrogen) atoms. The number of esters is 2. The van der Waals surface area contributed by atoms with Crippen molar-refractivity contribution in [2.45, 2.75) is 57.8 Å². The molecule has 0 radical (unpaired) electrons. The Kier molecular flexibility index (Phi) is 5.45. The lowest BCUT2D eigenvalue weighted by Crippen LogP contribution is -2.61. The summed E-state index contributed by atoms with van der Waals surface area (Å²) in [6, 6.07) is 0. The number of fused-ring (bicyclic) bond motifs is 3. The van der Waals surface area contributed by atoms with E-state index >= 15 is 0 Å². The molecule has 0 aromatic rings. The average Bonchev–Trinajstić information content (AvgIpc) is 2.91. The molecule has 0 aromatic carbocycles. The number of aldehydes is 1. The maximum absolute atomic E-state index is 12.4. The van der Waals surface area contributed by atoms with Crippen LogP contribution in [0, 0.1) is 29.1 Å². The number of hydrogen-bond acceptors (Lipinski definition) is 7. The first-order valence-electron chi connectivity index (χ1n) is 9.58. The zero-order valence-electron chi connectivity index (χ0n) is 15.8. The Morgan fingerprint density at radius 2 is 2.15 bits per heavy atom. The molecular weight excluding hydrogens is 352 g/mol. The predicted molar refractivity (Wildman–Crippen MR) is 94.3 cm³/mol. The van der Waals surface area contributed by atoms with Crippen LogP contribution < -0.4 is 0 Å². The third kappa shape index (κ3) is 3.21. The molecule has 8 atom stereocenters. The highest BCUT2D eigenvalue weighted by Gasteiger charge is 2.64. The molecule has 150 valence electrons. The summed E-state index contributed by atoms with van der Waals surface area (Å²) in [5, 5.41) is 19.7. The van der Waals surface area contributed by atoms with Gasteiger partial charge in [-0.05, 0) is 19.3 Å². The monoisotopic (exact) mass is 380 g/mol. The highest BCUT2D eigenvalue weighted by Crippen LogP contribution is 2.58. The summed E-state index contributed by atoms with van der Waals surface area (Å²) >= 11 is 0. The van der Waals surface area contributed by atoms with E-state index in [1.54, 1.807) is 6.92 Å². The minimum absolute atomic E-state index is 0.111. The lowest BCUT2D eigenvalue weighted by atomic mass is 9.51. The summed E-state index contributed by atoms with van der Waals surface area (Å²) in [6.45, 7) is 7.06. The minimum atomic E-state index is -0.696. The summed E-state index contributed by atoms with van der Waals surface area (Å²) in [5.74, 6) is -2.41. The van der Waals surface area contributed by atoms with E-state index in [4.69, 9.17) is 14.6 Å². The van der Waals surface area contributed by atoms with E-state index in [1.165, 1.54) is 0 Å². The lowest BCUT2D eigenvalue weighted by molar-refractivity contribution is -0.196. The van der Waals surface area contributed by atoms with Crippen molar-refractivity contribution in [3.8, 4) is 0 Å². The summed E-state index contributed by atoms with van der Waals surface area (Å²) in [7, 11) is 0. The zero-order valence-corrected chi connectivity index (χ0v) is 15.8. The van der Waals surface area contributed by atoms with Crippen LogP contribution in [0.15, 0.2) is 12.2 Å². The SMILES string of the molecule is C=C(CCO)C(=O)O[C@H]1C[C@]2(C)[C@@H]([C@H]3OC(=O)[C@@H](C)[C@@H]31)[C@H](C=O)CC[C@H]2O. The first kappa shape index (κ1) is 20.0. The molecule has 3 fully saturated rings. The molecule has 1 heterocycles. The number of rotatable bonds is 5. The van der Waals surface area contributed by atoms with Gasteiger partial charge in [0.2, 0.25) is 0 Å². The Bertz CT molecular complexity index is 644. The third-order valence-corrected chi connectivity index (χ3v) is 6.90. The van der Waals surface area contributed by atoms with Gasteiger partial charge in [0, 0.05) is 41.8 Å². The molecule has 3 rings (SSSR count). The molecule has 0 spiro atoms. The van der Waals surface area contributed by atoms with E-state index in [-0.39, 0.29) is 42.3 Å². The van der Waals surface area contributed by atoms with E-state index in [1.807, 2.05) is 6.92 Å². The largest absolute Gasteiger partial charge is 0.461 e. The molecule has 1 saturated heterocycles. The van der Waals surface area contributed by atoms with Gasteiger partial charge in [0.05, 0.1) is 12.0 Å². The quantitative estimate of drug-likeness (QED) is 0.416. The lowest BCUT2D eigenvalue weighted by Gasteiger charge is -2.55. The van der Waals surface area contributed by atoms with Gasteiger partial charge < -0.3 is 24.5 Å². The van der Waals surface area contributed by atoms with Crippen LogP contribution in [-0.2, 0) is 23.9 Å². The molecule has 1 aliphatic heterocycles. The van der Waals surface area contributed by atoms with Crippen molar-refractivity contribution in [3.63, 3.8) is 0 Å². The van der Waals surface area contributed by atoms with E-state index in [9.17, 15) is 19.5 Å². The van der Waals surface area contributed by atoms with Crippen LogP contribution in [0.25, 0.3) is 0 Å². The van der Waals surface area contributed by atoms with Gasteiger partial charge in [0.1, 0.15) is 18.5 Å². The number of ether oxygens (including phenoxy) is 2. The van der Waals surface area contributed by atoms with Crippen molar-refractivity contribution < 1.29 is 34.1 Å². The Morgan fingerprint density at radius 3 is 2.78 bits per heavy atom. The summed E-state index contributed by atoms with van der Waals surface area (Å²) < 4.78 is 11.3. The number of aliphatic hydroxyl groups is 2. The van der Waals surface area contributed by atoms with E-state index in [0.29, 0.717) is 19.3 Å². The number of hydrogen-bond donors (Lipinski definition) is 2. The van der Waals surface area contributed by atoms with Crippen molar-refractivity contribution in [1.29, 1.82) is 0 Å². The molecule has 0 amide bonds. The van der Waals surface area contributed by atoms with Gasteiger partial charge in [-0.15, -0.1) is 0 Å². The topological polar surface area (TPSA) is 110 Å². The molecule has 7 nitrogen and oxygen atoms in total. The van der Waals surface area contributed by atoms with Crippen molar-refractivity contribution in [2.24, 2.45) is 29.1 Å². The minimum Gasteiger partial charge on any atom is -0.461 e.